The molecule has 0 bridgehead atoms. The van der Waals surface area contributed by atoms with Crippen molar-refractivity contribution in [3.05, 3.63) is 40.6 Å². The molecule has 2 N–H and O–H groups in total. The Hall–Kier alpha value is -1.32. The predicted octanol–water partition coefficient (Wildman–Crippen LogP) is 3.03. The van der Waals surface area contributed by atoms with E-state index in [9.17, 15) is 0 Å². The van der Waals surface area contributed by atoms with Gasteiger partial charge in [0, 0.05) is 5.56 Å². The van der Waals surface area contributed by atoms with Gasteiger partial charge in [0.1, 0.15) is 17.2 Å². The lowest BCUT2D eigenvalue weighted by Crippen LogP contribution is -1.95. The van der Waals surface area contributed by atoms with Gasteiger partial charge in [-0.3, -0.25) is 0 Å². The molecule has 15 heavy (non-hydrogen) atoms. The van der Waals surface area contributed by atoms with Crippen LogP contribution in [-0.4, -0.2) is 9.97 Å². The van der Waals surface area contributed by atoms with E-state index in [4.69, 9.17) is 28.9 Å². The minimum absolute atomic E-state index is 0.251. The molecule has 0 saturated heterocycles. The molecule has 1 aromatic heterocycles. The highest BCUT2D eigenvalue weighted by Gasteiger charge is 2.11. The van der Waals surface area contributed by atoms with Crippen molar-refractivity contribution >= 4 is 29.0 Å². The number of nitrogens with zero attached hydrogens (tertiary/aromatic N) is 2. The highest BCUT2D eigenvalue weighted by molar-refractivity contribution is 6.37. The van der Waals surface area contributed by atoms with E-state index in [1.54, 1.807) is 6.07 Å². The second-order valence-electron chi connectivity index (χ2n) is 2.90. The number of halogens is 2. The lowest BCUT2D eigenvalue weighted by molar-refractivity contribution is 1.18. The summed E-state index contributed by atoms with van der Waals surface area (Å²) in [5.41, 5.74) is 6.88. The summed E-state index contributed by atoms with van der Waals surface area (Å²) in [6.07, 6.45) is 1.36. The van der Waals surface area contributed by atoms with Crippen LogP contribution in [0.4, 0.5) is 5.82 Å². The summed E-state index contributed by atoms with van der Waals surface area (Å²) in [5, 5.41) is 0.906. The predicted molar refractivity (Wildman–Crippen MR) is 61.9 cm³/mol. The van der Waals surface area contributed by atoms with Crippen LogP contribution in [0.15, 0.2) is 30.6 Å². The number of aromatic nitrogens is 2. The first-order valence-corrected chi connectivity index (χ1v) is 4.96. The molecule has 0 aliphatic carbocycles. The molecule has 0 radical (unpaired) electrons. The van der Waals surface area contributed by atoms with Crippen molar-refractivity contribution in [2.45, 2.75) is 0 Å². The van der Waals surface area contributed by atoms with Crippen LogP contribution >= 0.6 is 23.2 Å². The summed E-state index contributed by atoms with van der Waals surface area (Å²) in [6, 6.07) is 7.29. The third kappa shape index (κ3) is 1.89. The zero-order chi connectivity index (χ0) is 10.8. The third-order valence-electron chi connectivity index (χ3n) is 1.95. The largest absolute Gasteiger partial charge is 0.382 e. The Morgan fingerprint density at radius 2 is 1.80 bits per heavy atom. The second-order valence-corrected chi connectivity index (χ2v) is 3.69. The van der Waals surface area contributed by atoms with Crippen molar-refractivity contribution in [1.29, 1.82) is 0 Å². The zero-order valence-electron chi connectivity index (χ0n) is 7.61. The van der Waals surface area contributed by atoms with Crippen LogP contribution in [0.2, 0.25) is 10.0 Å². The van der Waals surface area contributed by atoms with Gasteiger partial charge in [0.25, 0.3) is 0 Å². The van der Waals surface area contributed by atoms with Crippen LogP contribution in [0.3, 0.4) is 0 Å². The minimum atomic E-state index is 0.251. The monoisotopic (exact) mass is 239 g/mol. The van der Waals surface area contributed by atoms with E-state index < -0.39 is 0 Å². The van der Waals surface area contributed by atoms with Gasteiger partial charge in [-0.25, -0.2) is 9.97 Å². The number of anilines is 1. The molecule has 0 unspecified atom stereocenters. The van der Waals surface area contributed by atoms with Crippen molar-refractivity contribution in [2.24, 2.45) is 0 Å². The Kier molecular flexibility index (Phi) is 2.75. The fourth-order valence-electron chi connectivity index (χ4n) is 1.22. The molecule has 0 spiro atoms. The Morgan fingerprint density at radius 1 is 1.07 bits per heavy atom. The first-order chi connectivity index (χ1) is 7.20. The molecule has 0 amide bonds. The van der Waals surface area contributed by atoms with Crippen molar-refractivity contribution in [2.75, 3.05) is 5.73 Å². The molecule has 1 heterocycles. The van der Waals surface area contributed by atoms with Gasteiger partial charge >= 0.3 is 0 Å². The SMILES string of the molecule is Nc1ncnc(-c2ccccc2Cl)c1Cl. The molecule has 2 aromatic rings. The molecule has 2 rings (SSSR count). The van der Waals surface area contributed by atoms with Gasteiger partial charge in [-0.05, 0) is 6.07 Å². The second kappa shape index (κ2) is 4.04. The summed E-state index contributed by atoms with van der Waals surface area (Å²) in [7, 11) is 0. The van der Waals surface area contributed by atoms with Gasteiger partial charge in [-0.15, -0.1) is 0 Å². The maximum atomic E-state index is 6.02. The van der Waals surface area contributed by atoms with Gasteiger partial charge < -0.3 is 5.73 Å². The Morgan fingerprint density at radius 3 is 2.53 bits per heavy atom. The smallest absolute Gasteiger partial charge is 0.146 e. The first-order valence-electron chi connectivity index (χ1n) is 4.21. The molecule has 3 nitrogen and oxygen atoms in total. The van der Waals surface area contributed by atoms with Gasteiger partial charge in [0.2, 0.25) is 0 Å². The van der Waals surface area contributed by atoms with E-state index in [0.717, 1.165) is 5.56 Å². The van der Waals surface area contributed by atoms with Crippen molar-refractivity contribution in [1.82, 2.24) is 9.97 Å². The number of benzene rings is 1. The fraction of sp³-hybridized carbons (Fsp3) is 0. The van der Waals surface area contributed by atoms with Gasteiger partial charge in [0.05, 0.1) is 10.7 Å². The maximum absolute atomic E-state index is 6.02. The third-order valence-corrected chi connectivity index (χ3v) is 2.65. The summed E-state index contributed by atoms with van der Waals surface area (Å²) < 4.78 is 0. The van der Waals surface area contributed by atoms with Gasteiger partial charge in [-0.1, -0.05) is 41.4 Å². The minimum Gasteiger partial charge on any atom is -0.382 e. The quantitative estimate of drug-likeness (QED) is 0.833. The number of hydrogen-bond donors (Lipinski definition) is 1. The number of nitrogens with two attached hydrogens (primary N) is 1. The molecule has 76 valence electrons. The molecule has 0 fully saturated rings. The lowest BCUT2D eigenvalue weighted by Gasteiger charge is -2.06. The van der Waals surface area contributed by atoms with Gasteiger partial charge in [-0.2, -0.15) is 0 Å². The van der Waals surface area contributed by atoms with E-state index in [-0.39, 0.29) is 5.82 Å². The number of nitrogen functional groups attached to an aromatic ring is 1. The Labute approximate surface area is 96.9 Å². The van der Waals surface area contributed by atoms with E-state index in [1.807, 2.05) is 18.2 Å². The summed E-state index contributed by atoms with van der Waals surface area (Å²) >= 11 is 12.0. The summed E-state index contributed by atoms with van der Waals surface area (Å²) in [5.74, 6) is 0.251. The lowest BCUT2D eigenvalue weighted by atomic mass is 10.1. The molecule has 0 atom stereocenters. The topological polar surface area (TPSA) is 51.8 Å². The van der Waals surface area contributed by atoms with Crippen molar-refractivity contribution in [3.63, 3.8) is 0 Å². The molecular formula is C10H7Cl2N3. The molecule has 5 heteroatoms. The van der Waals surface area contributed by atoms with Crippen molar-refractivity contribution < 1.29 is 0 Å². The van der Waals surface area contributed by atoms with Crippen LogP contribution in [0.5, 0.6) is 0 Å². The first kappa shape index (κ1) is 10.2. The molecule has 0 saturated carbocycles. The zero-order valence-corrected chi connectivity index (χ0v) is 9.13. The number of rotatable bonds is 1. The van der Waals surface area contributed by atoms with E-state index in [2.05, 4.69) is 9.97 Å². The van der Waals surface area contributed by atoms with Crippen LogP contribution in [-0.2, 0) is 0 Å². The van der Waals surface area contributed by atoms with E-state index >= 15 is 0 Å². The maximum Gasteiger partial charge on any atom is 0.146 e. The molecular weight excluding hydrogens is 233 g/mol. The number of hydrogen-bond acceptors (Lipinski definition) is 3. The summed E-state index contributed by atoms with van der Waals surface area (Å²) in [6.45, 7) is 0. The van der Waals surface area contributed by atoms with Crippen LogP contribution in [0.25, 0.3) is 11.3 Å². The van der Waals surface area contributed by atoms with Crippen molar-refractivity contribution in [3.8, 4) is 11.3 Å². The Bertz CT molecular complexity index is 500. The van der Waals surface area contributed by atoms with E-state index in [0.29, 0.717) is 15.7 Å². The summed E-state index contributed by atoms with van der Waals surface area (Å²) in [4.78, 5) is 7.85. The average molecular weight is 240 g/mol. The van der Waals surface area contributed by atoms with Crippen LogP contribution in [0.1, 0.15) is 0 Å². The molecule has 0 aliphatic heterocycles. The molecule has 1 aromatic carbocycles. The normalized spacial score (nSPS) is 10.3. The fourth-order valence-corrected chi connectivity index (χ4v) is 1.65. The standard InChI is InChI=1S/C10H7Cl2N3/c11-7-4-2-1-3-6(7)9-8(12)10(13)15-5-14-9/h1-5H,(H2,13,14,15). The van der Waals surface area contributed by atoms with Crippen LogP contribution in [0, 0.1) is 0 Å². The Balaban J connectivity index is 2.65. The van der Waals surface area contributed by atoms with Crippen LogP contribution < -0.4 is 5.73 Å². The highest BCUT2D eigenvalue weighted by atomic mass is 35.5. The van der Waals surface area contributed by atoms with E-state index in [1.165, 1.54) is 6.33 Å². The van der Waals surface area contributed by atoms with Gasteiger partial charge in [0.15, 0.2) is 0 Å². The average Bonchev–Trinajstić information content (AvgIpc) is 2.23. The highest BCUT2D eigenvalue weighted by Crippen LogP contribution is 2.32. The molecule has 0 aliphatic rings.